The van der Waals surface area contributed by atoms with E-state index in [2.05, 4.69) is 41.3 Å². The van der Waals surface area contributed by atoms with Gasteiger partial charge in [-0.3, -0.25) is 14.6 Å². The largest absolute Gasteiger partial charge is 0.343 e. The van der Waals surface area contributed by atoms with Gasteiger partial charge in [0.2, 0.25) is 0 Å². The zero-order valence-corrected chi connectivity index (χ0v) is 21.3. The molecule has 1 saturated heterocycles. The minimum atomic E-state index is -0.108. The van der Waals surface area contributed by atoms with E-state index in [4.69, 9.17) is 0 Å². The second-order valence-corrected chi connectivity index (χ2v) is 12.4. The second-order valence-electron chi connectivity index (χ2n) is 12.4. The molecule has 34 heavy (non-hydrogen) atoms. The molecule has 0 aromatic carbocycles. The summed E-state index contributed by atoms with van der Waals surface area (Å²) in [5, 5.41) is 0. The van der Waals surface area contributed by atoms with E-state index in [0.29, 0.717) is 18.0 Å². The third-order valence-corrected chi connectivity index (χ3v) is 8.54. The zero-order chi connectivity index (χ0) is 24.1. The first-order chi connectivity index (χ1) is 16.1. The van der Waals surface area contributed by atoms with Crippen LogP contribution in [0.15, 0.2) is 35.4 Å². The molecular formula is C29H39N3O2. The van der Waals surface area contributed by atoms with Gasteiger partial charge in [-0.05, 0) is 61.0 Å². The van der Waals surface area contributed by atoms with Crippen molar-refractivity contribution in [3.8, 4) is 0 Å². The number of likely N-dealkylation sites (tertiary alicyclic amines) is 1. The smallest absolute Gasteiger partial charge is 0.259 e. The lowest BCUT2D eigenvalue weighted by Crippen LogP contribution is -2.41. The lowest BCUT2D eigenvalue weighted by atomic mass is 9.65. The van der Waals surface area contributed by atoms with Crippen molar-refractivity contribution < 1.29 is 4.79 Å². The Morgan fingerprint density at radius 1 is 1.18 bits per heavy atom. The number of fused-ring (bicyclic) bond motifs is 2. The highest BCUT2D eigenvalue weighted by Crippen LogP contribution is 2.52. The second kappa shape index (κ2) is 8.66. The van der Waals surface area contributed by atoms with Crippen LogP contribution in [0, 0.1) is 23.7 Å². The van der Waals surface area contributed by atoms with Crippen molar-refractivity contribution in [2.45, 2.75) is 91.6 Å². The fourth-order valence-corrected chi connectivity index (χ4v) is 7.49. The normalized spacial score (nSPS) is 26.2. The molecular weight excluding hydrogens is 422 g/mol. The highest BCUT2D eigenvalue weighted by atomic mass is 16.2. The molecule has 0 unspecified atom stereocenters. The lowest BCUT2D eigenvalue weighted by Gasteiger charge is -2.39. The summed E-state index contributed by atoms with van der Waals surface area (Å²) in [5.74, 6) is 0.506. The quantitative estimate of drug-likeness (QED) is 0.601. The van der Waals surface area contributed by atoms with Gasteiger partial charge in [0.25, 0.3) is 5.91 Å². The Bertz CT molecular complexity index is 1130. The number of nitrogens with zero attached hydrogens (tertiary/aromatic N) is 3. The Morgan fingerprint density at radius 2 is 1.94 bits per heavy atom. The van der Waals surface area contributed by atoms with Crippen molar-refractivity contribution >= 4 is 5.91 Å². The van der Waals surface area contributed by atoms with E-state index < -0.39 is 0 Å². The highest BCUT2D eigenvalue weighted by Gasteiger charge is 2.51. The molecule has 3 fully saturated rings. The number of carbonyl (C=O) groups is 1. The number of hydrogen-bond donors (Lipinski definition) is 0. The van der Waals surface area contributed by atoms with E-state index in [1.54, 1.807) is 12.3 Å². The summed E-state index contributed by atoms with van der Waals surface area (Å²) in [6.07, 6.45) is 12.5. The molecule has 2 aromatic heterocycles. The van der Waals surface area contributed by atoms with Crippen LogP contribution in [0.3, 0.4) is 0 Å². The average molecular weight is 462 g/mol. The Balaban J connectivity index is 1.57. The summed E-state index contributed by atoms with van der Waals surface area (Å²) < 4.78 is 2.22. The predicted octanol–water partition coefficient (Wildman–Crippen LogP) is 5.37. The summed E-state index contributed by atoms with van der Waals surface area (Å²) in [4.78, 5) is 34.0. The minimum absolute atomic E-state index is 0.0376. The SMILES string of the molecule is Cc1cc(=O)c(C(=O)N2C[C@@]3(C)C[C@H]2CC(C)(C)C3)c(CC2CCCC2)n1Cc1cccnc1. The van der Waals surface area contributed by atoms with E-state index in [1.165, 1.54) is 25.7 Å². The van der Waals surface area contributed by atoms with Crippen LogP contribution < -0.4 is 5.43 Å². The van der Waals surface area contributed by atoms with Crippen molar-refractivity contribution in [3.05, 3.63) is 63.3 Å². The zero-order valence-electron chi connectivity index (χ0n) is 21.3. The molecule has 0 N–H and O–H groups in total. The molecule has 5 heteroatoms. The van der Waals surface area contributed by atoms with Gasteiger partial charge in [-0.15, -0.1) is 0 Å². The van der Waals surface area contributed by atoms with Crippen LogP contribution in [0.25, 0.3) is 0 Å². The third-order valence-electron chi connectivity index (χ3n) is 8.54. The number of hydrogen-bond acceptors (Lipinski definition) is 3. The first-order valence-electron chi connectivity index (χ1n) is 13.1. The lowest BCUT2D eigenvalue weighted by molar-refractivity contribution is 0.0704. The maximum Gasteiger partial charge on any atom is 0.259 e. The molecule has 2 aromatic rings. The summed E-state index contributed by atoms with van der Waals surface area (Å²) in [7, 11) is 0. The van der Waals surface area contributed by atoms with Gasteiger partial charge in [0, 0.05) is 49.0 Å². The number of amides is 1. The van der Waals surface area contributed by atoms with Crippen molar-refractivity contribution in [1.82, 2.24) is 14.5 Å². The Labute approximate surface area is 203 Å². The van der Waals surface area contributed by atoms with Gasteiger partial charge < -0.3 is 9.47 Å². The number of rotatable bonds is 5. The van der Waals surface area contributed by atoms with Crippen LogP contribution >= 0.6 is 0 Å². The summed E-state index contributed by atoms with van der Waals surface area (Å²) in [6.45, 7) is 10.4. The Morgan fingerprint density at radius 3 is 2.65 bits per heavy atom. The minimum Gasteiger partial charge on any atom is -0.343 e. The molecule has 2 saturated carbocycles. The molecule has 0 spiro atoms. The van der Waals surface area contributed by atoms with Crippen LogP contribution in [0.2, 0.25) is 0 Å². The molecule has 5 nitrogen and oxygen atoms in total. The maximum atomic E-state index is 14.2. The van der Waals surface area contributed by atoms with Crippen LogP contribution in [0.1, 0.15) is 93.0 Å². The monoisotopic (exact) mass is 461 g/mol. The molecule has 5 rings (SSSR count). The molecule has 182 valence electrons. The molecule has 3 heterocycles. The molecule has 2 bridgehead atoms. The van der Waals surface area contributed by atoms with Gasteiger partial charge >= 0.3 is 0 Å². The van der Waals surface area contributed by atoms with E-state index in [-0.39, 0.29) is 28.2 Å². The van der Waals surface area contributed by atoms with Crippen LogP contribution in [-0.2, 0) is 13.0 Å². The van der Waals surface area contributed by atoms with Gasteiger partial charge in [-0.2, -0.15) is 0 Å². The fourth-order valence-electron chi connectivity index (χ4n) is 7.49. The van der Waals surface area contributed by atoms with E-state index in [0.717, 1.165) is 49.2 Å². The predicted molar refractivity (Wildman–Crippen MR) is 135 cm³/mol. The number of aryl methyl sites for hydroxylation is 1. The topological polar surface area (TPSA) is 55.2 Å². The summed E-state index contributed by atoms with van der Waals surface area (Å²) in [5.41, 5.74) is 3.65. The number of aromatic nitrogens is 2. The van der Waals surface area contributed by atoms with Gasteiger partial charge in [0.15, 0.2) is 5.43 Å². The van der Waals surface area contributed by atoms with E-state index in [9.17, 15) is 9.59 Å². The highest BCUT2D eigenvalue weighted by molar-refractivity contribution is 5.96. The first kappa shape index (κ1) is 23.3. The molecule has 1 aliphatic heterocycles. The van der Waals surface area contributed by atoms with Crippen molar-refractivity contribution in [2.24, 2.45) is 16.7 Å². The number of carbonyl (C=O) groups excluding carboxylic acids is 1. The van der Waals surface area contributed by atoms with Crippen LogP contribution in [-0.4, -0.2) is 32.9 Å². The third kappa shape index (κ3) is 4.46. The van der Waals surface area contributed by atoms with Gasteiger partial charge in [-0.25, -0.2) is 0 Å². The standard InChI is InChI=1S/C29H39N3O2/c1-20-12-25(33)26(27(34)32-19-29(4)15-23(32)14-28(2,3)18-29)24(13-21-8-5-6-9-21)31(20)17-22-10-7-11-30-16-22/h7,10-12,16,21,23H,5-6,8-9,13-15,17-19H2,1-4H3/t23-,29+/m1/s1. The van der Waals surface area contributed by atoms with Crippen molar-refractivity contribution in [3.63, 3.8) is 0 Å². The molecule has 2 aliphatic carbocycles. The van der Waals surface area contributed by atoms with Crippen LogP contribution in [0.4, 0.5) is 0 Å². The van der Waals surface area contributed by atoms with Gasteiger partial charge in [0.1, 0.15) is 5.56 Å². The fraction of sp³-hybridized carbons (Fsp3) is 0.621. The first-order valence-corrected chi connectivity index (χ1v) is 13.1. The van der Waals surface area contributed by atoms with Gasteiger partial charge in [-0.1, -0.05) is 52.5 Å². The van der Waals surface area contributed by atoms with E-state index >= 15 is 0 Å². The average Bonchev–Trinajstić information content (AvgIpc) is 3.35. The number of pyridine rings is 2. The summed E-state index contributed by atoms with van der Waals surface area (Å²) in [6, 6.07) is 5.92. The Hall–Kier alpha value is -2.43. The molecule has 2 atom stereocenters. The molecule has 0 radical (unpaired) electrons. The van der Waals surface area contributed by atoms with Crippen LogP contribution in [0.5, 0.6) is 0 Å². The maximum absolute atomic E-state index is 14.2. The molecule has 1 amide bonds. The van der Waals surface area contributed by atoms with Gasteiger partial charge in [0.05, 0.1) is 0 Å². The Kier molecular flexibility index (Phi) is 5.94. The van der Waals surface area contributed by atoms with E-state index in [1.807, 2.05) is 19.2 Å². The summed E-state index contributed by atoms with van der Waals surface area (Å²) >= 11 is 0. The molecule has 3 aliphatic rings. The van der Waals surface area contributed by atoms with Crippen molar-refractivity contribution in [1.29, 1.82) is 0 Å². The van der Waals surface area contributed by atoms with Crippen molar-refractivity contribution in [2.75, 3.05) is 6.54 Å².